The van der Waals surface area contributed by atoms with E-state index in [0.29, 0.717) is 12.4 Å². The Bertz CT molecular complexity index is 554. The Labute approximate surface area is 112 Å². The molecule has 2 aromatic rings. The van der Waals surface area contributed by atoms with Gasteiger partial charge in [-0.25, -0.2) is 14.4 Å². The summed E-state index contributed by atoms with van der Waals surface area (Å²) in [4.78, 5) is 10.5. The number of nitrogen functional groups attached to an aromatic ring is 1. The maximum atomic E-state index is 12.8. The number of benzene rings is 1. The van der Waals surface area contributed by atoms with Crippen LogP contribution in [0, 0.1) is 5.82 Å². The molecule has 100 valence electrons. The Morgan fingerprint density at radius 1 is 1.21 bits per heavy atom. The summed E-state index contributed by atoms with van der Waals surface area (Å²) in [5.74, 6) is 1.73. The highest BCUT2D eigenvalue weighted by Gasteiger charge is 2.07. The van der Waals surface area contributed by atoms with Gasteiger partial charge in [0.25, 0.3) is 0 Å². The second-order valence-corrected chi connectivity index (χ2v) is 4.40. The first kappa shape index (κ1) is 13.3. The highest BCUT2D eigenvalue weighted by Crippen LogP contribution is 2.16. The second kappa shape index (κ2) is 5.65. The lowest BCUT2D eigenvalue weighted by atomic mass is 10.2. The van der Waals surface area contributed by atoms with Crippen LogP contribution in [0.1, 0.15) is 18.3 Å². The van der Waals surface area contributed by atoms with E-state index in [9.17, 15) is 4.39 Å². The maximum absolute atomic E-state index is 12.8. The van der Waals surface area contributed by atoms with Crippen molar-refractivity contribution in [1.29, 1.82) is 0 Å². The summed E-state index contributed by atoms with van der Waals surface area (Å²) < 4.78 is 12.8. The highest BCUT2D eigenvalue weighted by atomic mass is 19.1. The monoisotopic (exact) mass is 260 g/mol. The van der Waals surface area contributed by atoms with Crippen LogP contribution in [-0.2, 0) is 13.0 Å². The van der Waals surface area contributed by atoms with Gasteiger partial charge in [-0.3, -0.25) is 0 Å². The van der Waals surface area contributed by atoms with Crippen LogP contribution in [0.4, 0.5) is 16.0 Å². The number of hydrogen-bond acceptors (Lipinski definition) is 4. The van der Waals surface area contributed by atoms with Gasteiger partial charge < -0.3 is 10.6 Å². The van der Waals surface area contributed by atoms with E-state index in [1.165, 1.54) is 12.1 Å². The molecule has 0 amide bonds. The molecular formula is C14H17FN4. The average Bonchev–Trinajstić information content (AvgIpc) is 2.40. The summed E-state index contributed by atoms with van der Waals surface area (Å²) in [6.07, 6.45) is 0.739. The molecule has 4 nitrogen and oxygen atoms in total. The van der Waals surface area contributed by atoms with E-state index in [1.54, 1.807) is 18.2 Å². The van der Waals surface area contributed by atoms with Crippen molar-refractivity contribution < 1.29 is 4.39 Å². The molecule has 1 aromatic heterocycles. The van der Waals surface area contributed by atoms with Gasteiger partial charge in [-0.1, -0.05) is 19.1 Å². The van der Waals surface area contributed by atoms with Crippen LogP contribution in [0.25, 0.3) is 0 Å². The molecule has 0 fully saturated rings. The zero-order valence-electron chi connectivity index (χ0n) is 11.1. The number of nitrogens with zero attached hydrogens (tertiary/aromatic N) is 3. The molecule has 0 aliphatic heterocycles. The molecule has 1 aromatic carbocycles. The van der Waals surface area contributed by atoms with Crippen molar-refractivity contribution in [3.05, 3.63) is 47.5 Å². The van der Waals surface area contributed by atoms with Crippen molar-refractivity contribution in [1.82, 2.24) is 9.97 Å². The number of halogens is 1. The Balaban J connectivity index is 2.17. The van der Waals surface area contributed by atoms with Crippen LogP contribution in [0.15, 0.2) is 30.3 Å². The first-order valence-electron chi connectivity index (χ1n) is 6.17. The predicted octanol–water partition coefficient (Wildman–Crippen LogP) is 2.40. The molecule has 0 saturated carbocycles. The van der Waals surface area contributed by atoms with E-state index >= 15 is 0 Å². The molecule has 2 N–H and O–H groups in total. The van der Waals surface area contributed by atoms with E-state index in [0.717, 1.165) is 23.6 Å². The minimum atomic E-state index is -0.231. The maximum Gasteiger partial charge on any atom is 0.134 e. The molecule has 0 bridgehead atoms. The fraction of sp³-hybridized carbons (Fsp3) is 0.286. The lowest BCUT2D eigenvalue weighted by Gasteiger charge is -2.19. The molecule has 1 heterocycles. The molecule has 19 heavy (non-hydrogen) atoms. The Morgan fingerprint density at radius 2 is 1.89 bits per heavy atom. The number of rotatable bonds is 4. The number of hydrogen-bond donors (Lipinski definition) is 1. The minimum absolute atomic E-state index is 0.231. The first-order valence-corrected chi connectivity index (χ1v) is 6.17. The summed E-state index contributed by atoms with van der Waals surface area (Å²) in [6.45, 7) is 2.62. The van der Waals surface area contributed by atoms with Crippen LogP contribution in [0.3, 0.4) is 0 Å². The standard InChI is InChI=1S/C14H17FN4/c1-3-13-17-12(16)8-14(18-13)19(2)9-10-4-6-11(15)7-5-10/h4-8H,3,9H2,1-2H3,(H2,16,17,18). The number of nitrogens with two attached hydrogens (primary N) is 1. The topological polar surface area (TPSA) is 55.0 Å². The van der Waals surface area contributed by atoms with E-state index in [2.05, 4.69) is 9.97 Å². The second-order valence-electron chi connectivity index (χ2n) is 4.40. The predicted molar refractivity (Wildman–Crippen MR) is 74.3 cm³/mol. The lowest BCUT2D eigenvalue weighted by molar-refractivity contribution is 0.627. The Morgan fingerprint density at radius 3 is 2.53 bits per heavy atom. The van der Waals surface area contributed by atoms with E-state index < -0.39 is 0 Å². The molecular weight excluding hydrogens is 243 g/mol. The fourth-order valence-electron chi connectivity index (χ4n) is 1.80. The number of anilines is 2. The van der Waals surface area contributed by atoms with Crippen LogP contribution >= 0.6 is 0 Å². The van der Waals surface area contributed by atoms with Crippen molar-refractivity contribution in [2.45, 2.75) is 19.9 Å². The Kier molecular flexibility index (Phi) is 3.94. The quantitative estimate of drug-likeness (QED) is 0.917. The van der Waals surface area contributed by atoms with Gasteiger partial charge in [0.05, 0.1) is 0 Å². The number of aromatic nitrogens is 2. The summed E-state index contributed by atoms with van der Waals surface area (Å²) in [5, 5.41) is 0. The van der Waals surface area contributed by atoms with Gasteiger partial charge >= 0.3 is 0 Å². The van der Waals surface area contributed by atoms with Gasteiger partial charge in [0, 0.05) is 26.1 Å². The van der Waals surface area contributed by atoms with Crippen LogP contribution in [0.5, 0.6) is 0 Å². The summed E-state index contributed by atoms with van der Waals surface area (Å²) in [5.41, 5.74) is 6.77. The normalized spacial score (nSPS) is 10.5. The van der Waals surface area contributed by atoms with Crippen molar-refractivity contribution >= 4 is 11.6 Å². The molecule has 0 spiro atoms. The highest BCUT2D eigenvalue weighted by molar-refractivity contribution is 5.46. The zero-order valence-corrected chi connectivity index (χ0v) is 11.1. The minimum Gasteiger partial charge on any atom is -0.384 e. The first-order chi connectivity index (χ1) is 9.08. The lowest BCUT2D eigenvalue weighted by Crippen LogP contribution is -2.19. The smallest absolute Gasteiger partial charge is 0.134 e. The third-order valence-corrected chi connectivity index (χ3v) is 2.82. The average molecular weight is 260 g/mol. The zero-order chi connectivity index (χ0) is 13.8. The molecule has 2 rings (SSSR count). The van der Waals surface area contributed by atoms with E-state index in [4.69, 9.17) is 5.73 Å². The van der Waals surface area contributed by atoms with Gasteiger partial charge in [-0.05, 0) is 17.7 Å². The molecule has 0 atom stereocenters. The van der Waals surface area contributed by atoms with Crippen molar-refractivity contribution in [2.75, 3.05) is 17.7 Å². The van der Waals surface area contributed by atoms with Gasteiger partial charge in [0.1, 0.15) is 23.3 Å². The molecule has 0 aliphatic carbocycles. The van der Waals surface area contributed by atoms with Crippen molar-refractivity contribution in [3.63, 3.8) is 0 Å². The molecule has 0 unspecified atom stereocenters. The van der Waals surface area contributed by atoms with Crippen LogP contribution < -0.4 is 10.6 Å². The van der Waals surface area contributed by atoms with Gasteiger partial charge in [-0.15, -0.1) is 0 Å². The fourth-order valence-corrected chi connectivity index (χ4v) is 1.80. The summed E-state index contributed by atoms with van der Waals surface area (Å²) in [6, 6.07) is 8.17. The summed E-state index contributed by atoms with van der Waals surface area (Å²) in [7, 11) is 1.92. The summed E-state index contributed by atoms with van der Waals surface area (Å²) >= 11 is 0. The van der Waals surface area contributed by atoms with E-state index in [1.807, 2.05) is 18.9 Å². The molecule has 5 heteroatoms. The molecule has 0 radical (unpaired) electrons. The molecule has 0 aliphatic rings. The largest absolute Gasteiger partial charge is 0.384 e. The van der Waals surface area contributed by atoms with Gasteiger partial charge in [0.15, 0.2) is 0 Å². The third kappa shape index (κ3) is 3.40. The van der Waals surface area contributed by atoms with Crippen LogP contribution in [-0.4, -0.2) is 17.0 Å². The third-order valence-electron chi connectivity index (χ3n) is 2.82. The van der Waals surface area contributed by atoms with Crippen molar-refractivity contribution in [2.24, 2.45) is 0 Å². The number of aryl methyl sites for hydroxylation is 1. The van der Waals surface area contributed by atoms with Gasteiger partial charge in [0.2, 0.25) is 0 Å². The van der Waals surface area contributed by atoms with Gasteiger partial charge in [-0.2, -0.15) is 0 Å². The molecule has 0 saturated heterocycles. The Hall–Kier alpha value is -2.17. The van der Waals surface area contributed by atoms with Crippen LogP contribution in [0.2, 0.25) is 0 Å². The SMILES string of the molecule is CCc1nc(N)cc(N(C)Cc2ccc(F)cc2)n1. The van der Waals surface area contributed by atoms with E-state index in [-0.39, 0.29) is 5.82 Å². The van der Waals surface area contributed by atoms with Crippen molar-refractivity contribution in [3.8, 4) is 0 Å².